The first-order chi connectivity index (χ1) is 7.40. The van der Waals surface area contributed by atoms with E-state index in [4.69, 9.17) is 11.6 Å². The third-order valence-corrected chi connectivity index (χ3v) is 3.12. The van der Waals surface area contributed by atoms with Gasteiger partial charge in [-0.2, -0.15) is 0 Å². The van der Waals surface area contributed by atoms with E-state index in [2.05, 4.69) is 28.2 Å². The predicted octanol–water partition coefficient (Wildman–Crippen LogP) is 2.75. The van der Waals surface area contributed by atoms with Crippen LogP contribution in [-0.2, 0) is 6.42 Å². The van der Waals surface area contributed by atoms with Gasteiger partial charge in [0.2, 0.25) is 0 Å². The van der Waals surface area contributed by atoms with Crippen LogP contribution in [0.25, 0.3) is 10.9 Å². The largest absolute Gasteiger partial charge is 0.358 e. The number of nitrogens with zero attached hydrogens (tertiary/aromatic N) is 1. The molecule has 1 aromatic heterocycles. The second-order valence-electron chi connectivity index (χ2n) is 3.74. The maximum absolute atomic E-state index is 5.92. The van der Waals surface area contributed by atoms with Crippen LogP contribution < -0.4 is 0 Å². The van der Waals surface area contributed by atoms with Crippen LogP contribution in [0.2, 0.25) is 0 Å². The fourth-order valence-electron chi connectivity index (χ4n) is 2.21. The van der Waals surface area contributed by atoms with E-state index >= 15 is 0 Å². The standard InChI is InChI=1S/C12H11ClN2/c13-7-11-12-8-3-1-2-4-9(8)15-10(12)5-6-14-11/h1-4,15H,5-7H2. The van der Waals surface area contributed by atoms with Gasteiger partial charge in [-0.1, -0.05) is 18.2 Å². The van der Waals surface area contributed by atoms with Gasteiger partial charge in [0.1, 0.15) is 0 Å². The molecule has 0 radical (unpaired) electrons. The minimum absolute atomic E-state index is 0.495. The minimum atomic E-state index is 0.495. The van der Waals surface area contributed by atoms with Crippen molar-refractivity contribution < 1.29 is 0 Å². The van der Waals surface area contributed by atoms with Gasteiger partial charge in [-0.3, -0.25) is 4.99 Å². The summed E-state index contributed by atoms with van der Waals surface area (Å²) in [5.41, 5.74) is 4.71. The smallest absolute Gasteiger partial charge is 0.0649 e. The van der Waals surface area contributed by atoms with E-state index in [9.17, 15) is 0 Å². The Balaban J connectivity index is 2.34. The molecule has 0 bridgehead atoms. The molecule has 0 aliphatic carbocycles. The first-order valence-corrected chi connectivity index (χ1v) is 5.63. The van der Waals surface area contributed by atoms with Crippen molar-refractivity contribution in [3.63, 3.8) is 0 Å². The number of hydrogen-bond acceptors (Lipinski definition) is 1. The molecule has 1 aliphatic rings. The number of para-hydroxylation sites is 1. The zero-order valence-corrected chi connectivity index (χ0v) is 9.01. The Morgan fingerprint density at radius 3 is 3.07 bits per heavy atom. The molecule has 15 heavy (non-hydrogen) atoms. The van der Waals surface area contributed by atoms with Gasteiger partial charge in [-0.05, 0) is 6.07 Å². The molecule has 1 aromatic carbocycles. The summed E-state index contributed by atoms with van der Waals surface area (Å²) in [5, 5.41) is 1.24. The highest BCUT2D eigenvalue weighted by Crippen LogP contribution is 2.26. The fourth-order valence-corrected chi connectivity index (χ4v) is 2.42. The van der Waals surface area contributed by atoms with Crippen molar-refractivity contribution in [1.82, 2.24) is 4.98 Å². The molecule has 2 aromatic rings. The van der Waals surface area contributed by atoms with Crippen LogP contribution in [0.5, 0.6) is 0 Å². The predicted molar refractivity (Wildman–Crippen MR) is 64.1 cm³/mol. The molecule has 0 atom stereocenters. The molecular formula is C12H11ClN2. The number of aromatic nitrogens is 1. The van der Waals surface area contributed by atoms with E-state index in [1.807, 2.05) is 6.07 Å². The Morgan fingerprint density at radius 1 is 1.33 bits per heavy atom. The Labute approximate surface area is 93.0 Å². The Bertz CT molecular complexity index is 540. The lowest BCUT2D eigenvalue weighted by Gasteiger charge is -2.10. The number of halogens is 1. The molecule has 1 aliphatic heterocycles. The molecular weight excluding hydrogens is 208 g/mol. The van der Waals surface area contributed by atoms with Crippen LogP contribution in [-0.4, -0.2) is 23.1 Å². The van der Waals surface area contributed by atoms with E-state index in [1.54, 1.807) is 0 Å². The molecule has 1 N–H and O–H groups in total. The summed E-state index contributed by atoms with van der Waals surface area (Å²) in [6, 6.07) is 8.32. The summed E-state index contributed by atoms with van der Waals surface area (Å²) >= 11 is 5.92. The number of benzene rings is 1. The van der Waals surface area contributed by atoms with Crippen molar-refractivity contribution in [2.24, 2.45) is 4.99 Å². The molecule has 0 amide bonds. The number of alkyl halides is 1. The number of fused-ring (bicyclic) bond motifs is 3. The van der Waals surface area contributed by atoms with Gasteiger partial charge in [0.25, 0.3) is 0 Å². The van der Waals surface area contributed by atoms with Gasteiger partial charge >= 0.3 is 0 Å². The maximum Gasteiger partial charge on any atom is 0.0649 e. The Kier molecular flexibility index (Phi) is 2.03. The van der Waals surface area contributed by atoms with Crippen molar-refractivity contribution >= 4 is 28.2 Å². The van der Waals surface area contributed by atoms with Gasteiger partial charge < -0.3 is 4.98 Å². The highest BCUT2D eigenvalue weighted by molar-refractivity contribution is 6.33. The number of nitrogens with one attached hydrogen (secondary N) is 1. The molecule has 3 rings (SSSR count). The molecule has 3 heteroatoms. The van der Waals surface area contributed by atoms with Crippen molar-refractivity contribution in [2.45, 2.75) is 6.42 Å². The van der Waals surface area contributed by atoms with Crippen LogP contribution in [0.3, 0.4) is 0 Å². The average Bonchev–Trinajstić information content (AvgIpc) is 2.67. The van der Waals surface area contributed by atoms with Gasteiger partial charge in [0.05, 0.1) is 11.6 Å². The quantitative estimate of drug-likeness (QED) is 0.713. The van der Waals surface area contributed by atoms with Crippen LogP contribution in [0, 0.1) is 0 Å². The number of aliphatic imine (C=N–C) groups is 1. The minimum Gasteiger partial charge on any atom is -0.358 e. The lowest BCUT2D eigenvalue weighted by molar-refractivity contribution is 0.916. The van der Waals surface area contributed by atoms with Crippen LogP contribution in [0.1, 0.15) is 11.3 Å². The summed E-state index contributed by atoms with van der Waals surface area (Å²) in [7, 11) is 0. The zero-order valence-electron chi connectivity index (χ0n) is 8.26. The summed E-state index contributed by atoms with van der Waals surface area (Å²) in [6.07, 6.45) is 0.990. The van der Waals surface area contributed by atoms with Crippen LogP contribution in [0.4, 0.5) is 0 Å². The van der Waals surface area contributed by atoms with Crippen molar-refractivity contribution in [1.29, 1.82) is 0 Å². The van der Waals surface area contributed by atoms with Crippen molar-refractivity contribution in [3.05, 3.63) is 35.5 Å². The number of hydrogen-bond donors (Lipinski definition) is 1. The van der Waals surface area contributed by atoms with Crippen LogP contribution in [0.15, 0.2) is 29.3 Å². The summed E-state index contributed by atoms with van der Waals surface area (Å²) < 4.78 is 0. The van der Waals surface area contributed by atoms with Gasteiger partial charge in [0.15, 0.2) is 0 Å². The molecule has 0 spiro atoms. The zero-order chi connectivity index (χ0) is 10.3. The molecule has 0 saturated heterocycles. The van der Waals surface area contributed by atoms with Crippen LogP contribution >= 0.6 is 11.6 Å². The van der Waals surface area contributed by atoms with Crippen molar-refractivity contribution in [3.8, 4) is 0 Å². The van der Waals surface area contributed by atoms with Gasteiger partial charge in [0, 0.05) is 35.1 Å². The van der Waals surface area contributed by atoms with E-state index in [0.717, 1.165) is 18.7 Å². The third kappa shape index (κ3) is 1.29. The van der Waals surface area contributed by atoms with Gasteiger partial charge in [-0.15, -0.1) is 11.6 Å². The van der Waals surface area contributed by atoms with E-state index in [1.165, 1.54) is 22.2 Å². The topological polar surface area (TPSA) is 28.1 Å². The number of aromatic amines is 1. The average molecular weight is 219 g/mol. The second-order valence-corrected chi connectivity index (χ2v) is 4.00. The maximum atomic E-state index is 5.92. The fraction of sp³-hybridized carbons (Fsp3) is 0.250. The normalized spacial score (nSPS) is 15.1. The second kappa shape index (κ2) is 3.38. The highest BCUT2D eigenvalue weighted by Gasteiger charge is 2.18. The lowest BCUT2D eigenvalue weighted by Crippen LogP contribution is -2.12. The molecule has 0 saturated carbocycles. The third-order valence-electron chi connectivity index (χ3n) is 2.86. The first-order valence-electron chi connectivity index (χ1n) is 5.09. The summed E-state index contributed by atoms with van der Waals surface area (Å²) in [5.74, 6) is 0.495. The number of H-pyrrole nitrogens is 1. The molecule has 2 nitrogen and oxygen atoms in total. The molecule has 0 fully saturated rings. The van der Waals surface area contributed by atoms with E-state index in [0.29, 0.717) is 5.88 Å². The lowest BCUT2D eigenvalue weighted by atomic mass is 10.0. The first kappa shape index (κ1) is 8.98. The molecule has 0 unspecified atom stereocenters. The summed E-state index contributed by atoms with van der Waals surface area (Å²) in [4.78, 5) is 7.92. The Morgan fingerprint density at radius 2 is 2.20 bits per heavy atom. The van der Waals surface area contributed by atoms with Crippen molar-refractivity contribution in [2.75, 3.05) is 12.4 Å². The number of rotatable bonds is 1. The van der Waals surface area contributed by atoms with Gasteiger partial charge in [-0.25, -0.2) is 0 Å². The highest BCUT2D eigenvalue weighted by atomic mass is 35.5. The van der Waals surface area contributed by atoms with E-state index in [-0.39, 0.29) is 0 Å². The molecule has 2 heterocycles. The molecule has 76 valence electrons. The summed E-state index contributed by atoms with van der Waals surface area (Å²) in [6.45, 7) is 0.849. The SMILES string of the molecule is ClCC1=NCCc2[nH]c3ccccc3c21. The van der Waals surface area contributed by atoms with E-state index < -0.39 is 0 Å². The Hall–Kier alpha value is -1.28. The monoisotopic (exact) mass is 218 g/mol.